The van der Waals surface area contributed by atoms with E-state index in [0.29, 0.717) is 12.5 Å². The first-order chi connectivity index (χ1) is 6.78. The van der Waals surface area contributed by atoms with Crippen molar-refractivity contribution >= 4 is 15.9 Å². The summed E-state index contributed by atoms with van der Waals surface area (Å²) in [5.74, 6) is 0.486. The Kier molecular flexibility index (Phi) is 3.15. The van der Waals surface area contributed by atoms with E-state index in [1.165, 1.54) is 5.56 Å². The van der Waals surface area contributed by atoms with Crippen LogP contribution in [0.4, 0.5) is 0 Å². The molecule has 0 unspecified atom stereocenters. The van der Waals surface area contributed by atoms with Crippen LogP contribution >= 0.6 is 15.9 Å². The summed E-state index contributed by atoms with van der Waals surface area (Å²) in [6.45, 7) is 3.29. The lowest BCUT2D eigenvalue weighted by molar-refractivity contribution is 0.0479. The van der Waals surface area contributed by atoms with Gasteiger partial charge >= 0.3 is 0 Å². The lowest BCUT2D eigenvalue weighted by Crippen LogP contribution is -2.47. The standard InChI is InChI=1S/C10H13BrN2O/c11-10-3-8(1-2-12-10)4-13-5-9(6-13)7-14/h1-3,9,14H,4-7H2. The van der Waals surface area contributed by atoms with Crippen molar-refractivity contribution in [2.45, 2.75) is 6.54 Å². The summed E-state index contributed by atoms with van der Waals surface area (Å²) in [7, 11) is 0. The van der Waals surface area contributed by atoms with Crippen LogP contribution in [0.1, 0.15) is 5.56 Å². The Balaban J connectivity index is 1.87. The normalized spacial score (nSPS) is 18.1. The molecule has 0 aromatic carbocycles. The van der Waals surface area contributed by atoms with Gasteiger partial charge in [-0.15, -0.1) is 0 Å². The van der Waals surface area contributed by atoms with Gasteiger partial charge in [-0.3, -0.25) is 4.90 Å². The fourth-order valence-corrected chi connectivity index (χ4v) is 2.13. The first-order valence-electron chi connectivity index (χ1n) is 4.71. The third-order valence-electron chi connectivity index (χ3n) is 2.49. The highest BCUT2D eigenvalue weighted by Gasteiger charge is 2.25. The quantitative estimate of drug-likeness (QED) is 0.828. The maximum atomic E-state index is 8.87. The molecule has 2 rings (SSSR count). The molecule has 0 saturated carbocycles. The van der Waals surface area contributed by atoms with Crippen LogP contribution in [0.3, 0.4) is 0 Å². The van der Waals surface area contributed by atoms with Crippen molar-refractivity contribution in [1.29, 1.82) is 0 Å². The number of hydrogen-bond acceptors (Lipinski definition) is 3. The van der Waals surface area contributed by atoms with E-state index in [-0.39, 0.29) is 0 Å². The highest BCUT2D eigenvalue weighted by molar-refractivity contribution is 9.10. The molecule has 14 heavy (non-hydrogen) atoms. The maximum Gasteiger partial charge on any atom is 0.106 e. The van der Waals surface area contributed by atoms with Crippen LogP contribution in [0.5, 0.6) is 0 Å². The van der Waals surface area contributed by atoms with E-state index in [2.05, 4.69) is 25.8 Å². The summed E-state index contributed by atoms with van der Waals surface area (Å²) in [4.78, 5) is 6.40. The molecule has 0 aliphatic carbocycles. The Morgan fingerprint density at radius 2 is 2.36 bits per heavy atom. The third-order valence-corrected chi connectivity index (χ3v) is 2.92. The topological polar surface area (TPSA) is 36.4 Å². The highest BCUT2D eigenvalue weighted by Crippen LogP contribution is 2.18. The summed E-state index contributed by atoms with van der Waals surface area (Å²) < 4.78 is 0.884. The highest BCUT2D eigenvalue weighted by atomic mass is 79.9. The average Bonchev–Trinajstić information content (AvgIpc) is 2.10. The van der Waals surface area contributed by atoms with Gasteiger partial charge in [-0.25, -0.2) is 4.98 Å². The van der Waals surface area contributed by atoms with Gasteiger partial charge in [0.05, 0.1) is 0 Å². The molecule has 0 spiro atoms. The molecule has 1 saturated heterocycles. The minimum absolute atomic E-state index is 0.316. The molecule has 2 heterocycles. The van der Waals surface area contributed by atoms with Crippen molar-refractivity contribution < 1.29 is 5.11 Å². The number of halogens is 1. The monoisotopic (exact) mass is 256 g/mol. The number of nitrogens with zero attached hydrogens (tertiary/aromatic N) is 2. The molecule has 4 heteroatoms. The second-order valence-electron chi connectivity index (χ2n) is 3.73. The van der Waals surface area contributed by atoms with Crippen LogP contribution in [0.15, 0.2) is 22.9 Å². The Bertz CT molecular complexity index is 313. The van der Waals surface area contributed by atoms with Gasteiger partial charge in [-0.05, 0) is 33.6 Å². The van der Waals surface area contributed by atoms with Gasteiger partial charge in [0.2, 0.25) is 0 Å². The largest absolute Gasteiger partial charge is 0.396 e. The van der Waals surface area contributed by atoms with Gasteiger partial charge in [-0.2, -0.15) is 0 Å². The van der Waals surface area contributed by atoms with Gasteiger partial charge < -0.3 is 5.11 Å². The minimum atomic E-state index is 0.316. The molecule has 1 aliphatic rings. The summed E-state index contributed by atoms with van der Waals surface area (Å²) in [6.07, 6.45) is 1.81. The Labute approximate surface area is 91.9 Å². The van der Waals surface area contributed by atoms with E-state index in [1.54, 1.807) is 0 Å². The van der Waals surface area contributed by atoms with Crippen molar-refractivity contribution in [1.82, 2.24) is 9.88 Å². The molecule has 0 bridgehead atoms. The van der Waals surface area contributed by atoms with E-state index < -0.39 is 0 Å². The second-order valence-corrected chi connectivity index (χ2v) is 4.54. The molecule has 1 N–H and O–H groups in total. The lowest BCUT2D eigenvalue weighted by Gasteiger charge is -2.38. The molecule has 1 aromatic rings. The SMILES string of the molecule is OCC1CN(Cc2ccnc(Br)c2)C1. The van der Waals surface area contributed by atoms with E-state index in [0.717, 1.165) is 24.2 Å². The van der Waals surface area contributed by atoms with Crippen molar-refractivity contribution in [3.05, 3.63) is 28.5 Å². The lowest BCUT2D eigenvalue weighted by atomic mass is 10.0. The van der Waals surface area contributed by atoms with E-state index >= 15 is 0 Å². The van der Waals surface area contributed by atoms with Crippen molar-refractivity contribution in [3.63, 3.8) is 0 Å². The third kappa shape index (κ3) is 2.32. The zero-order valence-electron chi connectivity index (χ0n) is 7.86. The Morgan fingerprint density at radius 3 is 3.00 bits per heavy atom. The van der Waals surface area contributed by atoms with Crippen LogP contribution in [0.25, 0.3) is 0 Å². The average molecular weight is 257 g/mol. The number of aliphatic hydroxyl groups is 1. The number of pyridine rings is 1. The zero-order chi connectivity index (χ0) is 9.97. The molecule has 1 fully saturated rings. The summed E-state index contributed by atoms with van der Waals surface area (Å²) >= 11 is 3.35. The fourth-order valence-electron chi connectivity index (χ4n) is 1.72. The molecule has 1 aromatic heterocycles. The Hall–Kier alpha value is -0.450. The fraction of sp³-hybridized carbons (Fsp3) is 0.500. The molecule has 1 aliphatic heterocycles. The molecule has 76 valence electrons. The van der Waals surface area contributed by atoms with E-state index in [4.69, 9.17) is 5.11 Å². The summed E-state index contributed by atoms with van der Waals surface area (Å²) in [6, 6.07) is 4.06. The molecule has 0 amide bonds. The van der Waals surface area contributed by atoms with Gasteiger partial charge in [0.1, 0.15) is 4.60 Å². The van der Waals surface area contributed by atoms with E-state index in [1.807, 2.05) is 18.3 Å². The number of rotatable bonds is 3. The molecule has 0 radical (unpaired) electrons. The predicted octanol–water partition coefficient (Wildman–Crippen LogP) is 1.27. The predicted molar refractivity (Wildman–Crippen MR) is 57.8 cm³/mol. The van der Waals surface area contributed by atoms with Gasteiger partial charge in [0.15, 0.2) is 0 Å². The number of aliphatic hydroxyl groups excluding tert-OH is 1. The molecule has 0 atom stereocenters. The van der Waals surface area contributed by atoms with Crippen molar-refractivity contribution in [2.75, 3.05) is 19.7 Å². The molecular formula is C10H13BrN2O. The minimum Gasteiger partial charge on any atom is -0.396 e. The van der Waals surface area contributed by atoms with E-state index in [9.17, 15) is 0 Å². The number of hydrogen-bond donors (Lipinski definition) is 1. The van der Waals surface area contributed by atoms with Crippen LogP contribution in [-0.4, -0.2) is 34.7 Å². The summed E-state index contributed by atoms with van der Waals surface area (Å²) in [5.41, 5.74) is 1.27. The van der Waals surface area contributed by atoms with Crippen molar-refractivity contribution in [3.8, 4) is 0 Å². The van der Waals surface area contributed by atoms with Crippen LogP contribution < -0.4 is 0 Å². The number of likely N-dealkylation sites (tertiary alicyclic amines) is 1. The second kappa shape index (κ2) is 4.38. The molecule has 3 nitrogen and oxygen atoms in total. The maximum absolute atomic E-state index is 8.87. The van der Waals surface area contributed by atoms with Gasteiger partial charge in [0.25, 0.3) is 0 Å². The van der Waals surface area contributed by atoms with Crippen LogP contribution in [0.2, 0.25) is 0 Å². The first kappa shape index (κ1) is 10.1. The summed E-state index contributed by atoms with van der Waals surface area (Å²) in [5, 5.41) is 8.87. The van der Waals surface area contributed by atoms with Gasteiger partial charge in [-0.1, -0.05) is 0 Å². The van der Waals surface area contributed by atoms with Crippen molar-refractivity contribution in [2.24, 2.45) is 5.92 Å². The molecular weight excluding hydrogens is 244 g/mol. The van der Waals surface area contributed by atoms with Gasteiger partial charge in [0, 0.05) is 38.4 Å². The smallest absolute Gasteiger partial charge is 0.106 e. The van der Waals surface area contributed by atoms with Crippen LogP contribution in [-0.2, 0) is 6.54 Å². The Morgan fingerprint density at radius 1 is 1.57 bits per heavy atom. The number of aromatic nitrogens is 1. The van der Waals surface area contributed by atoms with Crippen LogP contribution in [0, 0.1) is 5.92 Å². The first-order valence-corrected chi connectivity index (χ1v) is 5.51. The zero-order valence-corrected chi connectivity index (χ0v) is 9.44.